The monoisotopic (exact) mass is 224 g/mol. The molecule has 1 saturated heterocycles. The fourth-order valence-electron chi connectivity index (χ4n) is 3.86. The predicted molar refractivity (Wildman–Crippen MR) is 64.5 cm³/mol. The smallest absolute Gasteiger partial charge is 0.0731 e. The molecule has 0 aromatic carbocycles. The number of ether oxygens (including phenoxy) is 1. The van der Waals surface area contributed by atoms with Crippen molar-refractivity contribution in [2.45, 2.75) is 50.3 Å². The van der Waals surface area contributed by atoms with Crippen molar-refractivity contribution in [2.75, 3.05) is 26.7 Å². The van der Waals surface area contributed by atoms with Gasteiger partial charge in [-0.25, -0.2) is 0 Å². The van der Waals surface area contributed by atoms with Crippen LogP contribution in [-0.2, 0) is 4.74 Å². The van der Waals surface area contributed by atoms with Crippen molar-refractivity contribution in [1.82, 2.24) is 10.2 Å². The highest BCUT2D eigenvalue weighted by atomic mass is 16.5. The Morgan fingerprint density at radius 1 is 1.19 bits per heavy atom. The zero-order valence-corrected chi connectivity index (χ0v) is 10.3. The van der Waals surface area contributed by atoms with Crippen LogP contribution in [0.2, 0.25) is 0 Å². The van der Waals surface area contributed by atoms with Crippen molar-refractivity contribution in [3.05, 3.63) is 0 Å². The Hall–Kier alpha value is -0.120. The zero-order chi connectivity index (χ0) is 11.0. The minimum atomic E-state index is 0.560. The van der Waals surface area contributed by atoms with E-state index in [4.69, 9.17) is 4.74 Å². The molecule has 1 N–H and O–H groups in total. The van der Waals surface area contributed by atoms with Crippen molar-refractivity contribution in [1.29, 1.82) is 0 Å². The highest BCUT2D eigenvalue weighted by Gasteiger charge is 2.44. The lowest BCUT2D eigenvalue weighted by atomic mass is 9.77. The molecule has 0 spiro atoms. The average Bonchev–Trinajstić information content (AvgIpc) is 2.73. The van der Waals surface area contributed by atoms with Crippen LogP contribution in [0.4, 0.5) is 0 Å². The molecule has 2 aliphatic carbocycles. The summed E-state index contributed by atoms with van der Waals surface area (Å²) in [6.07, 6.45) is 7.42. The Labute approximate surface area is 98.5 Å². The summed E-state index contributed by atoms with van der Waals surface area (Å²) in [5.41, 5.74) is 0. The van der Waals surface area contributed by atoms with Gasteiger partial charge in [-0.3, -0.25) is 4.90 Å². The predicted octanol–water partition coefficient (Wildman–Crippen LogP) is 1.24. The van der Waals surface area contributed by atoms with E-state index in [1.165, 1.54) is 45.2 Å². The molecule has 3 fully saturated rings. The maximum Gasteiger partial charge on any atom is 0.0731 e. The van der Waals surface area contributed by atoms with E-state index in [1.807, 2.05) is 0 Å². The van der Waals surface area contributed by atoms with Gasteiger partial charge in [0.15, 0.2) is 0 Å². The van der Waals surface area contributed by atoms with E-state index in [-0.39, 0.29) is 0 Å². The third-order valence-corrected chi connectivity index (χ3v) is 4.79. The molecule has 92 valence electrons. The van der Waals surface area contributed by atoms with Gasteiger partial charge in [0.1, 0.15) is 0 Å². The fraction of sp³-hybridized carbons (Fsp3) is 1.00. The van der Waals surface area contributed by atoms with Gasteiger partial charge in [-0.1, -0.05) is 0 Å². The van der Waals surface area contributed by atoms with Crippen LogP contribution in [-0.4, -0.2) is 49.8 Å². The normalized spacial score (nSPS) is 44.1. The van der Waals surface area contributed by atoms with Gasteiger partial charge < -0.3 is 10.1 Å². The van der Waals surface area contributed by atoms with Gasteiger partial charge in [-0.2, -0.15) is 0 Å². The maximum atomic E-state index is 5.89. The first-order valence-corrected chi connectivity index (χ1v) is 6.92. The number of hydrogen-bond donors (Lipinski definition) is 1. The first-order chi connectivity index (χ1) is 7.90. The van der Waals surface area contributed by atoms with Crippen molar-refractivity contribution < 1.29 is 4.74 Å². The summed E-state index contributed by atoms with van der Waals surface area (Å²) in [6.45, 7) is 3.33. The molecule has 3 nitrogen and oxygen atoms in total. The highest BCUT2D eigenvalue weighted by Crippen LogP contribution is 2.38. The van der Waals surface area contributed by atoms with Crippen LogP contribution in [0, 0.1) is 5.92 Å². The van der Waals surface area contributed by atoms with Crippen LogP contribution in [0.3, 0.4) is 0 Å². The Morgan fingerprint density at radius 3 is 2.88 bits per heavy atom. The molecule has 3 rings (SSSR count). The lowest BCUT2D eigenvalue weighted by Gasteiger charge is -2.50. The van der Waals surface area contributed by atoms with Crippen LogP contribution in [0.15, 0.2) is 0 Å². The number of morpholine rings is 1. The molecular formula is C13H24N2O. The zero-order valence-electron chi connectivity index (χ0n) is 10.3. The molecule has 1 heterocycles. The topological polar surface area (TPSA) is 24.5 Å². The molecule has 3 aliphatic rings. The number of fused-ring (bicyclic) bond motifs is 1. The molecule has 4 atom stereocenters. The second-order valence-corrected chi connectivity index (χ2v) is 5.61. The van der Waals surface area contributed by atoms with Gasteiger partial charge in [0.2, 0.25) is 0 Å². The maximum absolute atomic E-state index is 5.89. The standard InChI is InChI=1S/C13H24N2O/c1-14-9-10-5-6-11(10)15-7-8-16-13-4-2-3-12(13)15/h10-14H,2-9H2,1H3. The third-order valence-electron chi connectivity index (χ3n) is 4.79. The van der Waals surface area contributed by atoms with Gasteiger partial charge in [0.25, 0.3) is 0 Å². The Bertz CT molecular complexity index is 246. The Kier molecular flexibility index (Phi) is 3.18. The van der Waals surface area contributed by atoms with Crippen LogP contribution in [0.25, 0.3) is 0 Å². The van der Waals surface area contributed by atoms with Crippen LogP contribution >= 0.6 is 0 Å². The second-order valence-electron chi connectivity index (χ2n) is 5.61. The van der Waals surface area contributed by atoms with Crippen LogP contribution in [0.1, 0.15) is 32.1 Å². The van der Waals surface area contributed by atoms with Crippen molar-refractivity contribution in [3.8, 4) is 0 Å². The van der Waals surface area contributed by atoms with E-state index in [2.05, 4.69) is 17.3 Å². The SMILES string of the molecule is CNCC1CCC1N1CCOC2CCCC21. The number of hydrogen-bond acceptors (Lipinski definition) is 3. The number of nitrogens with zero attached hydrogens (tertiary/aromatic N) is 1. The van der Waals surface area contributed by atoms with Crippen LogP contribution < -0.4 is 5.32 Å². The first-order valence-electron chi connectivity index (χ1n) is 6.92. The van der Waals surface area contributed by atoms with Gasteiger partial charge >= 0.3 is 0 Å². The van der Waals surface area contributed by atoms with Crippen molar-refractivity contribution >= 4 is 0 Å². The minimum absolute atomic E-state index is 0.560. The summed E-state index contributed by atoms with van der Waals surface area (Å²) >= 11 is 0. The highest BCUT2D eigenvalue weighted by molar-refractivity contribution is 4.98. The van der Waals surface area contributed by atoms with Gasteiger partial charge in [-0.05, 0) is 51.6 Å². The fourth-order valence-corrected chi connectivity index (χ4v) is 3.86. The van der Waals surface area contributed by atoms with E-state index in [1.54, 1.807) is 0 Å². The molecule has 4 unspecified atom stereocenters. The molecule has 0 radical (unpaired) electrons. The lowest BCUT2D eigenvalue weighted by molar-refractivity contribution is -0.0970. The van der Waals surface area contributed by atoms with E-state index >= 15 is 0 Å². The molecular weight excluding hydrogens is 200 g/mol. The summed E-state index contributed by atoms with van der Waals surface area (Å²) in [4.78, 5) is 2.78. The Morgan fingerprint density at radius 2 is 2.12 bits per heavy atom. The summed E-state index contributed by atoms with van der Waals surface area (Å²) in [5.74, 6) is 0.893. The average molecular weight is 224 g/mol. The number of nitrogens with one attached hydrogen (secondary N) is 1. The molecule has 2 saturated carbocycles. The van der Waals surface area contributed by atoms with Crippen molar-refractivity contribution in [3.63, 3.8) is 0 Å². The third kappa shape index (κ3) is 1.79. The number of rotatable bonds is 3. The Balaban J connectivity index is 1.64. The lowest BCUT2D eigenvalue weighted by Crippen LogP contribution is -2.59. The molecule has 3 heteroatoms. The van der Waals surface area contributed by atoms with E-state index in [9.17, 15) is 0 Å². The van der Waals surface area contributed by atoms with Gasteiger partial charge in [-0.15, -0.1) is 0 Å². The van der Waals surface area contributed by atoms with Crippen molar-refractivity contribution in [2.24, 2.45) is 5.92 Å². The molecule has 0 aromatic heterocycles. The largest absolute Gasteiger partial charge is 0.375 e. The summed E-state index contributed by atoms with van der Waals surface area (Å²) in [6, 6.07) is 1.60. The van der Waals surface area contributed by atoms with E-state index in [0.717, 1.165) is 24.6 Å². The molecule has 0 amide bonds. The minimum Gasteiger partial charge on any atom is -0.375 e. The summed E-state index contributed by atoms with van der Waals surface area (Å²) in [7, 11) is 2.08. The van der Waals surface area contributed by atoms with E-state index < -0.39 is 0 Å². The van der Waals surface area contributed by atoms with E-state index in [0.29, 0.717) is 6.10 Å². The van der Waals surface area contributed by atoms with Crippen LogP contribution in [0.5, 0.6) is 0 Å². The molecule has 16 heavy (non-hydrogen) atoms. The van der Waals surface area contributed by atoms with Gasteiger partial charge in [0.05, 0.1) is 12.7 Å². The molecule has 0 aromatic rings. The quantitative estimate of drug-likeness (QED) is 0.780. The second kappa shape index (κ2) is 4.63. The summed E-state index contributed by atoms with van der Waals surface area (Å²) < 4.78 is 5.89. The van der Waals surface area contributed by atoms with Gasteiger partial charge in [0, 0.05) is 18.6 Å². The molecule has 0 bridgehead atoms. The molecule has 1 aliphatic heterocycles. The summed E-state index contributed by atoms with van der Waals surface area (Å²) in [5, 5.41) is 3.34. The first kappa shape index (κ1) is 11.0.